The maximum Gasteiger partial charge on any atom is 0.262 e. The van der Waals surface area contributed by atoms with E-state index >= 15 is 0 Å². The van der Waals surface area contributed by atoms with Crippen LogP contribution in [0.5, 0.6) is 0 Å². The van der Waals surface area contributed by atoms with Crippen molar-refractivity contribution in [3.05, 3.63) is 58.1 Å². The second kappa shape index (κ2) is 5.46. The van der Waals surface area contributed by atoms with Gasteiger partial charge in [0.25, 0.3) is 10.0 Å². The van der Waals surface area contributed by atoms with E-state index in [-0.39, 0.29) is 0 Å². The lowest BCUT2D eigenvalue weighted by Crippen LogP contribution is -2.15. The molecular weight excluding hydrogens is 294 g/mol. The summed E-state index contributed by atoms with van der Waals surface area (Å²) in [6.45, 7) is 5.54. The normalized spacial score (nSPS) is 11.4. The molecule has 0 aromatic heterocycles. The Labute approximate surface area is 124 Å². The molecule has 0 unspecified atom stereocenters. The van der Waals surface area contributed by atoms with Crippen LogP contribution in [0, 0.1) is 20.8 Å². The summed E-state index contributed by atoms with van der Waals surface area (Å²) in [4.78, 5) is 0.322. The van der Waals surface area contributed by atoms with Gasteiger partial charge in [0.05, 0.1) is 10.6 Å². The Balaban J connectivity index is 2.46. The van der Waals surface area contributed by atoms with Crippen molar-refractivity contribution in [1.82, 2.24) is 0 Å². The third-order valence-electron chi connectivity index (χ3n) is 2.95. The minimum atomic E-state index is -3.62. The lowest BCUT2D eigenvalue weighted by atomic mass is 10.1. The zero-order valence-electron chi connectivity index (χ0n) is 11.6. The van der Waals surface area contributed by atoms with Crippen LogP contribution in [0.15, 0.2) is 41.3 Å². The van der Waals surface area contributed by atoms with Gasteiger partial charge in [-0.15, -0.1) is 0 Å². The van der Waals surface area contributed by atoms with Crippen LogP contribution in [-0.4, -0.2) is 8.42 Å². The van der Waals surface area contributed by atoms with Crippen molar-refractivity contribution >= 4 is 27.3 Å². The minimum Gasteiger partial charge on any atom is -0.280 e. The summed E-state index contributed by atoms with van der Waals surface area (Å²) in [5.41, 5.74) is 2.97. The fourth-order valence-electron chi connectivity index (χ4n) is 2.35. The fourth-order valence-corrected chi connectivity index (χ4v) is 4.04. The van der Waals surface area contributed by atoms with Crippen molar-refractivity contribution in [2.45, 2.75) is 25.7 Å². The molecule has 0 heterocycles. The Kier molecular flexibility index (Phi) is 4.06. The highest BCUT2D eigenvalue weighted by molar-refractivity contribution is 7.92. The highest BCUT2D eigenvalue weighted by Gasteiger charge is 2.19. The standard InChI is InChI=1S/C15H16ClNO2S/c1-10-7-11(2)15(12(3)8-10)20(18,19)17-14-6-4-5-13(16)9-14/h4-9,17H,1-3H3. The maximum absolute atomic E-state index is 12.5. The SMILES string of the molecule is Cc1cc(C)c(S(=O)(=O)Nc2cccc(Cl)c2)c(C)c1. The molecule has 5 heteroatoms. The van der Waals surface area contributed by atoms with Crippen molar-refractivity contribution in [2.24, 2.45) is 0 Å². The molecule has 0 fully saturated rings. The molecule has 0 aliphatic carbocycles. The third-order valence-corrected chi connectivity index (χ3v) is 4.87. The Morgan fingerprint density at radius 2 is 1.60 bits per heavy atom. The molecule has 0 saturated carbocycles. The molecule has 1 N–H and O–H groups in total. The predicted octanol–water partition coefficient (Wildman–Crippen LogP) is 4.07. The smallest absolute Gasteiger partial charge is 0.262 e. The van der Waals surface area contributed by atoms with Crippen LogP contribution in [0.1, 0.15) is 16.7 Å². The van der Waals surface area contributed by atoms with E-state index in [1.54, 1.807) is 38.1 Å². The van der Waals surface area contributed by atoms with Gasteiger partial charge in [0.15, 0.2) is 0 Å². The van der Waals surface area contributed by atoms with Gasteiger partial charge in [0.1, 0.15) is 0 Å². The van der Waals surface area contributed by atoms with Gasteiger partial charge in [-0.05, 0) is 50.1 Å². The monoisotopic (exact) mass is 309 g/mol. The van der Waals surface area contributed by atoms with Crippen LogP contribution < -0.4 is 4.72 Å². The van der Waals surface area contributed by atoms with Crippen LogP contribution >= 0.6 is 11.6 Å². The maximum atomic E-state index is 12.5. The molecular formula is C15H16ClNO2S. The fraction of sp³-hybridized carbons (Fsp3) is 0.200. The topological polar surface area (TPSA) is 46.2 Å². The van der Waals surface area contributed by atoms with Crippen LogP contribution in [0.3, 0.4) is 0 Å². The summed E-state index contributed by atoms with van der Waals surface area (Å²) < 4.78 is 27.6. The first-order chi connectivity index (χ1) is 9.29. The average molecular weight is 310 g/mol. The van der Waals surface area contributed by atoms with E-state index < -0.39 is 10.0 Å². The highest BCUT2D eigenvalue weighted by Crippen LogP contribution is 2.25. The quantitative estimate of drug-likeness (QED) is 0.929. The second-order valence-corrected chi connectivity index (χ2v) is 6.90. The first-order valence-electron chi connectivity index (χ1n) is 6.16. The molecule has 2 aromatic carbocycles. The van der Waals surface area contributed by atoms with Gasteiger partial charge in [-0.25, -0.2) is 8.42 Å². The number of benzene rings is 2. The summed E-state index contributed by atoms with van der Waals surface area (Å²) in [5, 5.41) is 0.488. The van der Waals surface area contributed by atoms with Crippen molar-refractivity contribution in [2.75, 3.05) is 4.72 Å². The van der Waals surface area contributed by atoms with Crippen molar-refractivity contribution in [1.29, 1.82) is 0 Å². The number of hydrogen-bond donors (Lipinski definition) is 1. The molecule has 2 rings (SSSR count). The summed E-state index contributed by atoms with van der Waals surface area (Å²) in [5.74, 6) is 0. The van der Waals surface area contributed by atoms with E-state index in [9.17, 15) is 8.42 Å². The molecule has 0 bridgehead atoms. The molecule has 0 aliphatic rings. The van der Waals surface area contributed by atoms with Gasteiger partial charge in [-0.2, -0.15) is 0 Å². The van der Waals surface area contributed by atoms with Gasteiger partial charge in [0, 0.05) is 5.02 Å². The molecule has 2 aromatic rings. The number of rotatable bonds is 3. The van der Waals surface area contributed by atoms with Crippen LogP contribution in [-0.2, 0) is 10.0 Å². The zero-order chi connectivity index (χ0) is 14.9. The third kappa shape index (κ3) is 3.14. The predicted molar refractivity (Wildman–Crippen MR) is 82.9 cm³/mol. The number of sulfonamides is 1. The van der Waals surface area contributed by atoms with E-state index in [2.05, 4.69) is 4.72 Å². The average Bonchev–Trinajstić information content (AvgIpc) is 2.25. The van der Waals surface area contributed by atoms with Crippen molar-refractivity contribution < 1.29 is 8.42 Å². The van der Waals surface area contributed by atoms with Crippen molar-refractivity contribution in [3.63, 3.8) is 0 Å². The van der Waals surface area contributed by atoms with E-state index in [0.717, 1.165) is 16.7 Å². The zero-order valence-corrected chi connectivity index (χ0v) is 13.1. The van der Waals surface area contributed by atoms with Gasteiger partial charge >= 0.3 is 0 Å². The van der Waals surface area contributed by atoms with E-state index in [0.29, 0.717) is 15.6 Å². The first-order valence-corrected chi connectivity index (χ1v) is 8.02. The van der Waals surface area contributed by atoms with Gasteiger partial charge in [0.2, 0.25) is 0 Å². The van der Waals surface area contributed by atoms with Crippen LogP contribution in [0.25, 0.3) is 0 Å². The highest BCUT2D eigenvalue weighted by atomic mass is 35.5. The molecule has 0 saturated heterocycles. The molecule has 0 aliphatic heterocycles. The molecule has 106 valence electrons. The van der Waals surface area contributed by atoms with E-state index in [1.165, 1.54) is 0 Å². The lowest BCUT2D eigenvalue weighted by molar-refractivity contribution is 0.600. The minimum absolute atomic E-state index is 0.322. The van der Waals surface area contributed by atoms with Gasteiger partial charge < -0.3 is 0 Å². The lowest BCUT2D eigenvalue weighted by Gasteiger charge is -2.14. The second-order valence-electron chi connectivity index (χ2n) is 4.84. The molecule has 20 heavy (non-hydrogen) atoms. The molecule has 0 atom stereocenters. The summed E-state index contributed by atoms with van der Waals surface area (Å²) in [6, 6.07) is 10.4. The van der Waals surface area contributed by atoms with E-state index in [4.69, 9.17) is 11.6 Å². The Bertz CT molecular complexity index is 731. The Morgan fingerprint density at radius 1 is 1.00 bits per heavy atom. The Morgan fingerprint density at radius 3 is 2.15 bits per heavy atom. The number of nitrogens with one attached hydrogen (secondary N) is 1. The Hall–Kier alpha value is -1.52. The largest absolute Gasteiger partial charge is 0.280 e. The van der Waals surface area contributed by atoms with Crippen molar-refractivity contribution in [3.8, 4) is 0 Å². The van der Waals surface area contributed by atoms with Crippen LogP contribution in [0.2, 0.25) is 5.02 Å². The summed E-state index contributed by atoms with van der Waals surface area (Å²) in [7, 11) is -3.62. The number of hydrogen-bond acceptors (Lipinski definition) is 2. The number of anilines is 1. The summed E-state index contributed by atoms with van der Waals surface area (Å²) in [6.07, 6.45) is 0. The van der Waals surface area contributed by atoms with Gasteiger partial charge in [-0.1, -0.05) is 35.4 Å². The number of halogens is 1. The number of aryl methyl sites for hydroxylation is 3. The van der Waals surface area contributed by atoms with Crippen LogP contribution in [0.4, 0.5) is 5.69 Å². The summed E-state index contributed by atoms with van der Waals surface area (Å²) >= 11 is 5.87. The first kappa shape index (κ1) is 14.9. The van der Waals surface area contributed by atoms with E-state index in [1.807, 2.05) is 19.1 Å². The molecule has 0 radical (unpaired) electrons. The molecule has 0 spiro atoms. The van der Waals surface area contributed by atoms with Gasteiger partial charge in [-0.3, -0.25) is 4.72 Å². The molecule has 3 nitrogen and oxygen atoms in total. The molecule has 0 amide bonds.